The van der Waals surface area contributed by atoms with E-state index in [4.69, 9.17) is 9.47 Å². The van der Waals surface area contributed by atoms with Gasteiger partial charge in [0.1, 0.15) is 5.60 Å². The molecule has 0 radical (unpaired) electrons. The molecule has 29 heavy (non-hydrogen) atoms. The summed E-state index contributed by atoms with van der Waals surface area (Å²) in [5, 5.41) is 3.26. The SMILES string of the molecule is COC1(C(=O)NC2CCCc3ccccc32)CCN(C(=O)C2CCOCC2)CC1. The number of carbonyl (C=O) groups excluding carboxylic acids is 2. The minimum Gasteiger partial charge on any atom is -0.381 e. The third kappa shape index (κ3) is 4.19. The number of rotatable bonds is 4. The van der Waals surface area contributed by atoms with E-state index in [1.807, 2.05) is 11.0 Å². The summed E-state index contributed by atoms with van der Waals surface area (Å²) >= 11 is 0. The molecule has 1 aromatic carbocycles. The van der Waals surface area contributed by atoms with E-state index >= 15 is 0 Å². The molecular weight excluding hydrogens is 368 g/mol. The molecule has 3 aliphatic rings. The van der Waals surface area contributed by atoms with Gasteiger partial charge < -0.3 is 19.7 Å². The number of nitrogens with one attached hydrogen (secondary N) is 1. The highest BCUT2D eigenvalue weighted by Crippen LogP contribution is 2.33. The molecule has 1 aliphatic carbocycles. The third-order valence-electron chi connectivity index (χ3n) is 6.93. The number of amides is 2. The number of carbonyl (C=O) groups is 2. The van der Waals surface area contributed by atoms with E-state index in [-0.39, 0.29) is 23.8 Å². The second-order valence-corrected chi connectivity index (χ2v) is 8.53. The van der Waals surface area contributed by atoms with E-state index in [2.05, 4.69) is 23.5 Å². The van der Waals surface area contributed by atoms with Crippen LogP contribution in [0.4, 0.5) is 0 Å². The molecule has 2 amide bonds. The van der Waals surface area contributed by atoms with Gasteiger partial charge in [0.05, 0.1) is 6.04 Å². The van der Waals surface area contributed by atoms with Gasteiger partial charge in [-0.05, 0) is 43.2 Å². The van der Waals surface area contributed by atoms with E-state index in [0.29, 0.717) is 39.1 Å². The van der Waals surface area contributed by atoms with Crippen molar-refractivity contribution in [3.8, 4) is 0 Å². The fourth-order valence-electron chi connectivity index (χ4n) is 5.01. The Balaban J connectivity index is 1.39. The van der Waals surface area contributed by atoms with Crippen LogP contribution in [0.3, 0.4) is 0 Å². The average Bonchev–Trinajstić information content (AvgIpc) is 2.79. The summed E-state index contributed by atoms with van der Waals surface area (Å²) in [6.45, 7) is 2.46. The fraction of sp³-hybridized carbons (Fsp3) is 0.652. The van der Waals surface area contributed by atoms with Gasteiger partial charge in [-0.2, -0.15) is 0 Å². The normalized spacial score (nSPS) is 24.6. The molecule has 2 heterocycles. The summed E-state index contributed by atoms with van der Waals surface area (Å²) in [6, 6.07) is 8.41. The molecule has 4 rings (SSSR count). The van der Waals surface area contributed by atoms with Gasteiger partial charge in [0.25, 0.3) is 5.91 Å². The molecule has 1 N–H and O–H groups in total. The number of likely N-dealkylation sites (tertiary alicyclic amines) is 1. The van der Waals surface area contributed by atoms with Gasteiger partial charge in [0.2, 0.25) is 5.91 Å². The monoisotopic (exact) mass is 400 g/mol. The molecule has 0 aromatic heterocycles. The third-order valence-corrected chi connectivity index (χ3v) is 6.93. The summed E-state index contributed by atoms with van der Waals surface area (Å²) in [5.41, 5.74) is 1.71. The summed E-state index contributed by atoms with van der Waals surface area (Å²) in [4.78, 5) is 28.0. The van der Waals surface area contributed by atoms with Crippen LogP contribution in [-0.4, -0.2) is 55.7 Å². The number of hydrogen-bond acceptors (Lipinski definition) is 4. The van der Waals surface area contributed by atoms with Gasteiger partial charge in [-0.25, -0.2) is 0 Å². The van der Waals surface area contributed by atoms with Gasteiger partial charge >= 0.3 is 0 Å². The first-order chi connectivity index (χ1) is 14.1. The van der Waals surface area contributed by atoms with Crippen LogP contribution in [0.25, 0.3) is 0 Å². The van der Waals surface area contributed by atoms with Crippen molar-refractivity contribution in [1.82, 2.24) is 10.2 Å². The molecule has 0 bridgehead atoms. The quantitative estimate of drug-likeness (QED) is 0.844. The molecule has 0 spiro atoms. The molecular formula is C23H32N2O4. The second-order valence-electron chi connectivity index (χ2n) is 8.53. The highest BCUT2D eigenvalue weighted by Gasteiger charge is 2.44. The van der Waals surface area contributed by atoms with Gasteiger partial charge in [0, 0.05) is 52.2 Å². The second kappa shape index (κ2) is 8.84. The van der Waals surface area contributed by atoms with E-state index in [1.165, 1.54) is 11.1 Å². The lowest BCUT2D eigenvalue weighted by Crippen LogP contribution is -2.57. The Morgan fingerprint density at radius 2 is 1.86 bits per heavy atom. The molecule has 2 aliphatic heterocycles. The van der Waals surface area contributed by atoms with Crippen LogP contribution in [0.1, 0.15) is 55.7 Å². The molecule has 158 valence electrons. The topological polar surface area (TPSA) is 67.9 Å². The van der Waals surface area contributed by atoms with E-state index in [0.717, 1.165) is 32.1 Å². The molecule has 1 aromatic rings. The van der Waals surface area contributed by atoms with E-state index in [9.17, 15) is 9.59 Å². The molecule has 1 atom stereocenters. The van der Waals surface area contributed by atoms with Crippen molar-refractivity contribution in [3.05, 3.63) is 35.4 Å². The van der Waals surface area contributed by atoms with Gasteiger partial charge in [0.15, 0.2) is 0 Å². The van der Waals surface area contributed by atoms with Crippen LogP contribution in [-0.2, 0) is 25.5 Å². The first-order valence-electron chi connectivity index (χ1n) is 10.9. The van der Waals surface area contributed by atoms with Crippen molar-refractivity contribution in [2.24, 2.45) is 5.92 Å². The van der Waals surface area contributed by atoms with E-state index in [1.54, 1.807) is 7.11 Å². The lowest BCUT2D eigenvalue weighted by Gasteiger charge is -2.41. The number of piperidine rings is 1. The van der Waals surface area contributed by atoms with Crippen molar-refractivity contribution in [3.63, 3.8) is 0 Å². The van der Waals surface area contributed by atoms with Crippen LogP contribution in [0.2, 0.25) is 0 Å². The van der Waals surface area contributed by atoms with Crippen molar-refractivity contribution in [2.45, 2.75) is 56.6 Å². The van der Waals surface area contributed by atoms with Crippen LogP contribution in [0.15, 0.2) is 24.3 Å². The highest BCUT2D eigenvalue weighted by molar-refractivity contribution is 5.86. The maximum absolute atomic E-state index is 13.3. The molecule has 6 nitrogen and oxygen atoms in total. The highest BCUT2D eigenvalue weighted by atomic mass is 16.5. The number of methoxy groups -OCH3 is 1. The van der Waals surface area contributed by atoms with Crippen LogP contribution in [0, 0.1) is 5.92 Å². The fourth-order valence-corrected chi connectivity index (χ4v) is 5.01. The van der Waals surface area contributed by atoms with Crippen molar-refractivity contribution < 1.29 is 19.1 Å². The van der Waals surface area contributed by atoms with Crippen LogP contribution >= 0.6 is 0 Å². The number of benzene rings is 1. The maximum Gasteiger partial charge on any atom is 0.252 e. The molecule has 0 saturated carbocycles. The van der Waals surface area contributed by atoms with Crippen molar-refractivity contribution >= 4 is 11.8 Å². The Morgan fingerprint density at radius 3 is 2.59 bits per heavy atom. The molecule has 1 unspecified atom stereocenters. The summed E-state index contributed by atoms with van der Waals surface area (Å²) in [5.74, 6) is 0.228. The smallest absolute Gasteiger partial charge is 0.252 e. The van der Waals surface area contributed by atoms with Crippen molar-refractivity contribution in [2.75, 3.05) is 33.4 Å². The maximum atomic E-state index is 13.3. The lowest BCUT2D eigenvalue weighted by atomic mass is 9.85. The number of ether oxygens (including phenoxy) is 2. The predicted molar refractivity (Wildman–Crippen MR) is 109 cm³/mol. The number of aryl methyl sites for hydroxylation is 1. The van der Waals surface area contributed by atoms with Crippen LogP contribution < -0.4 is 5.32 Å². The summed E-state index contributed by atoms with van der Waals surface area (Å²) in [6.07, 6.45) is 5.78. The zero-order valence-electron chi connectivity index (χ0n) is 17.3. The van der Waals surface area contributed by atoms with Gasteiger partial charge in [-0.3, -0.25) is 9.59 Å². The van der Waals surface area contributed by atoms with Gasteiger partial charge in [-0.15, -0.1) is 0 Å². The minimum atomic E-state index is -0.848. The Kier molecular flexibility index (Phi) is 6.20. The number of nitrogens with zero attached hydrogens (tertiary/aromatic N) is 1. The summed E-state index contributed by atoms with van der Waals surface area (Å²) in [7, 11) is 1.62. The van der Waals surface area contributed by atoms with Gasteiger partial charge in [-0.1, -0.05) is 24.3 Å². The Hall–Kier alpha value is -1.92. The predicted octanol–water partition coefficient (Wildman–Crippen LogP) is 2.61. The Labute approximate surface area is 172 Å². The van der Waals surface area contributed by atoms with E-state index < -0.39 is 5.60 Å². The summed E-state index contributed by atoms with van der Waals surface area (Å²) < 4.78 is 11.1. The number of fused-ring (bicyclic) bond motifs is 1. The minimum absolute atomic E-state index is 0.0418. The standard InChI is InChI=1S/C23H32N2O4/c1-28-23(11-13-25(14-12-23)21(26)18-9-15-29-16-10-18)22(27)24-20-8-4-6-17-5-2-3-7-19(17)20/h2-3,5,7,18,20H,4,6,8-16H2,1H3,(H,24,27). The molecule has 2 saturated heterocycles. The first-order valence-corrected chi connectivity index (χ1v) is 10.9. The Morgan fingerprint density at radius 1 is 1.14 bits per heavy atom. The largest absolute Gasteiger partial charge is 0.381 e. The lowest BCUT2D eigenvalue weighted by molar-refractivity contribution is -0.156. The Bertz CT molecular complexity index is 736. The zero-order chi connectivity index (χ0) is 20.3. The molecule has 2 fully saturated rings. The molecule has 6 heteroatoms. The average molecular weight is 401 g/mol. The number of hydrogen-bond donors (Lipinski definition) is 1. The zero-order valence-corrected chi connectivity index (χ0v) is 17.3. The first kappa shape index (κ1) is 20.4. The van der Waals surface area contributed by atoms with Crippen LogP contribution in [0.5, 0.6) is 0 Å². The van der Waals surface area contributed by atoms with Crippen molar-refractivity contribution in [1.29, 1.82) is 0 Å².